The molecule has 0 fully saturated rings. The van der Waals surface area contributed by atoms with Crippen molar-refractivity contribution in [3.05, 3.63) is 34.1 Å². The van der Waals surface area contributed by atoms with Gasteiger partial charge in [0, 0.05) is 16.6 Å². The molecule has 0 radical (unpaired) electrons. The summed E-state index contributed by atoms with van der Waals surface area (Å²) in [5.74, 6) is -0.384. The molecule has 0 unspecified atom stereocenters. The Kier molecular flexibility index (Phi) is 4.60. The second-order valence-corrected chi connectivity index (χ2v) is 4.24. The van der Waals surface area contributed by atoms with Crippen LogP contribution >= 0.6 is 15.9 Å². The highest BCUT2D eigenvalue weighted by molar-refractivity contribution is 9.10. The maximum atomic E-state index is 13.3. The first-order valence-electron chi connectivity index (χ1n) is 4.39. The smallest absolute Gasteiger partial charge is 0.251 e. The van der Waals surface area contributed by atoms with E-state index in [2.05, 4.69) is 15.9 Å². The van der Waals surface area contributed by atoms with Crippen molar-refractivity contribution in [3.8, 4) is 0 Å². The number of rotatable bonds is 4. The van der Waals surface area contributed by atoms with Crippen molar-refractivity contribution >= 4 is 15.9 Å². The summed E-state index contributed by atoms with van der Waals surface area (Å²) in [6.07, 6.45) is -2.39. The average Bonchev–Trinajstić information content (AvgIpc) is 2.08. The Balaban J connectivity index is 2.64. The molecule has 1 rings (SSSR count). The zero-order valence-electron chi connectivity index (χ0n) is 8.18. The molecule has 0 N–H and O–H groups in total. The fourth-order valence-corrected chi connectivity index (χ4v) is 1.57. The molecule has 15 heavy (non-hydrogen) atoms. The van der Waals surface area contributed by atoms with Crippen LogP contribution in [0, 0.1) is 5.82 Å². The summed E-state index contributed by atoms with van der Waals surface area (Å²) < 4.78 is 38.0. The molecule has 0 aliphatic rings. The van der Waals surface area contributed by atoms with Gasteiger partial charge in [0.25, 0.3) is 6.43 Å². The van der Waals surface area contributed by atoms with Gasteiger partial charge >= 0.3 is 0 Å². The molecule has 0 aliphatic carbocycles. The monoisotopic (exact) mass is 281 g/mol. The summed E-state index contributed by atoms with van der Waals surface area (Å²) in [4.78, 5) is 1.39. The molecule has 0 spiro atoms. The topological polar surface area (TPSA) is 3.24 Å². The summed E-state index contributed by atoms with van der Waals surface area (Å²) in [7, 11) is 1.54. The van der Waals surface area contributed by atoms with E-state index in [0.717, 1.165) is 0 Å². The molecule has 0 saturated carbocycles. The Bertz CT molecular complexity index is 330. The minimum absolute atomic E-state index is 0.184. The molecule has 0 heterocycles. The first kappa shape index (κ1) is 12.5. The van der Waals surface area contributed by atoms with Gasteiger partial charge in [-0.05, 0) is 19.2 Å². The minimum atomic E-state index is -2.39. The Morgan fingerprint density at radius 3 is 2.60 bits per heavy atom. The standard InChI is InChI=1S/C10H11BrF3N/c1-15(6-10(13)14)5-7-2-3-8(11)4-9(7)12/h2-4,10H,5-6H2,1H3. The maximum Gasteiger partial charge on any atom is 0.251 e. The normalized spacial score (nSPS) is 11.4. The van der Waals surface area contributed by atoms with E-state index in [-0.39, 0.29) is 18.9 Å². The minimum Gasteiger partial charge on any atom is -0.296 e. The van der Waals surface area contributed by atoms with Crippen LogP contribution < -0.4 is 0 Å². The van der Waals surface area contributed by atoms with Crippen LogP contribution in [-0.2, 0) is 6.54 Å². The van der Waals surface area contributed by atoms with Gasteiger partial charge in [-0.15, -0.1) is 0 Å². The van der Waals surface area contributed by atoms with E-state index in [1.54, 1.807) is 12.1 Å². The fraction of sp³-hybridized carbons (Fsp3) is 0.400. The molecule has 0 saturated heterocycles. The van der Waals surface area contributed by atoms with Crippen LogP contribution in [0.2, 0.25) is 0 Å². The Hall–Kier alpha value is -0.550. The molecule has 84 valence electrons. The van der Waals surface area contributed by atoms with Crippen LogP contribution in [-0.4, -0.2) is 24.9 Å². The Morgan fingerprint density at radius 1 is 1.40 bits per heavy atom. The van der Waals surface area contributed by atoms with Crippen LogP contribution in [0.4, 0.5) is 13.2 Å². The van der Waals surface area contributed by atoms with Gasteiger partial charge in [-0.2, -0.15) is 0 Å². The fourth-order valence-electron chi connectivity index (χ4n) is 1.24. The highest BCUT2D eigenvalue weighted by atomic mass is 79.9. The van der Waals surface area contributed by atoms with Crippen molar-refractivity contribution in [2.75, 3.05) is 13.6 Å². The predicted octanol–water partition coefficient (Wildman–Crippen LogP) is 3.29. The van der Waals surface area contributed by atoms with E-state index in [1.807, 2.05) is 0 Å². The van der Waals surface area contributed by atoms with Crippen molar-refractivity contribution in [3.63, 3.8) is 0 Å². The van der Waals surface area contributed by atoms with E-state index in [9.17, 15) is 13.2 Å². The van der Waals surface area contributed by atoms with Gasteiger partial charge in [0.05, 0.1) is 6.54 Å². The predicted molar refractivity (Wildman–Crippen MR) is 56.4 cm³/mol. The highest BCUT2D eigenvalue weighted by Crippen LogP contribution is 2.16. The third-order valence-corrected chi connectivity index (χ3v) is 2.40. The lowest BCUT2D eigenvalue weighted by atomic mass is 10.2. The van der Waals surface area contributed by atoms with Crippen LogP contribution in [0.1, 0.15) is 5.56 Å². The number of alkyl halides is 2. The van der Waals surface area contributed by atoms with Crippen molar-refractivity contribution in [1.29, 1.82) is 0 Å². The zero-order valence-corrected chi connectivity index (χ0v) is 9.77. The number of benzene rings is 1. The van der Waals surface area contributed by atoms with Gasteiger partial charge in [0.1, 0.15) is 5.82 Å². The van der Waals surface area contributed by atoms with Gasteiger partial charge in [0.15, 0.2) is 0 Å². The Labute approximate surface area is 95.0 Å². The van der Waals surface area contributed by atoms with Crippen molar-refractivity contribution in [2.45, 2.75) is 13.0 Å². The highest BCUT2D eigenvalue weighted by Gasteiger charge is 2.10. The van der Waals surface area contributed by atoms with E-state index in [4.69, 9.17) is 0 Å². The van der Waals surface area contributed by atoms with Crippen molar-refractivity contribution < 1.29 is 13.2 Å². The molecule has 0 bridgehead atoms. The molecule has 0 aliphatic heterocycles. The SMILES string of the molecule is CN(Cc1ccc(Br)cc1F)CC(F)F. The molecule has 1 nitrogen and oxygen atoms in total. The summed E-state index contributed by atoms with van der Waals surface area (Å²) in [6, 6.07) is 4.60. The lowest BCUT2D eigenvalue weighted by molar-refractivity contribution is 0.0970. The molecule has 1 aromatic rings. The number of hydrogen-bond acceptors (Lipinski definition) is 1. The summed E-state index contributed by atoms with van der Waals surface area (Å²) in [6.45, 7) is -0.168. The summed E-state index contributed by atoms with van der Waals surface area (Å²) in [5.41, 5.74) is 0.418. The van der Waals surface area contributed by atoms with Gasteiger partial charge < -0.3 is 0 Å². The van der Waals surface area contributed by atoms with E-state index < -0.39 is 6.43 Å². The quantitative estimate of drug-likeness (QED) is 0.819. The largest absolute Gasteiger partial charge is 0.296 e. The Morgan fingerprint density at radius 2 is 2.07 bits per heavy atom. The number of nitrogens with zero attached hydrogens (tertiary/aromatic N) is 1. The lowest BCUT2D eigenvalue weighted by Gasteiger charge is -2.16. The lowest BCUT2D eigenvalue weighted by Crippen LogP contribution is -2.24. The number of halogens is 4. The maximum absolute atomic E-state index is 13.3. The van der Waals surface area contributed by atoms with E-state index >= 15 is 0 Å². The van der Waals surface area contributed by atoms with Crippen LogP contribution in [0.25, 0.3) is 0 Å². The molecule has 0 amide bonds. The zero-order chi connectivity index (χ0) is 11.4. The van der Waals surface area contributed by atoms with Gasteiger partial charge in [0.2, 0.25) is 0 Å². The van der Waals surface area contributed by atoms with Gasteiger partial charge in [-0.25, -0.2) is 13.2 Å². The van der Waals surface area contributed by atoms with Crippen molar-refractivity contribution in [1.82, 2.24) is 4.90 Å². The second kappa shape index (κ2) is 5.51. The summed E-state index contributed by atoms with van der Waals surface area (Å²) >= 11 is 3.13. The van der Waals surface area contributed by atoms with Crippen LogP contribution in [0.3, 0.4) is 0 Å². The molecule has 0 aromatic heterocycles. The molecule has 5 heteroatoms. The second-order valence-electron chi connectivity index (χ2n) is 3.32. The third kappa shape index (κ3) is 4.22. The molecule has 0 atom stereocenters. The number of hydrogen-bond donors (Lipinski definition) is 0. The first-order valence-corrected chi connectivity index (χ1v) is 5.19. The average molecular weight is 282 g/mol. The molecular formula is C10H11BrF3N. The third-order valence-electron chi connectivity index (χ3n) is 1.91. The van der Waals surface area contributed by atoms with Crippen LogP contribution in [0.5, 0.6) is 0 Å². The van der Waals surface area contributed by atoms with E-state index in [0.29, 0.717) is 10.0 Å². The van der Waals surface area contributed by atoms with Gasteiger partial charge in [-0.1, -0.05) is 22.0 Å². The molecule has 1 aromatic carbocycles. The van der Waals surface area contributed by atoms with Crippen molar-refractivity contribution in [2.24, 2.45) is 0 Å². The van der Waals surface area contributed by atoms with Crippen LogP contribution in [0.15, 0.2) is 22.7 Å². The molecular weight excluding hydrogens is 271 g/mol. The summed E-state index contributed by atoms with van der Waals surface area (Å²) in [5, 5.41) is 0. The van der Waals surface area contributed by atoms with E-state index in [1.165, 1.54) is 18.0 Å². The van der Waals surface area contributed by atoms with Gasteiger partial charge in [-0.3, -0.25) is 4.90 Å². The first-order chi connectivity index (χ1) is 6.99.